The van der Waals surface area contributed by atoms with E-state index in [2.05, 4.69) is 316 Å². The number of terminal acetylenes is 1. The van der Waals surface area contributed by atoms with Crippen molar-refractivity contribution in [1.82, 2.24) is 0 Å². The second-order valence-corrected chi connectivity index (χ2v) is 29.2. The van der Waals surface area contributed by atoms with Gasteiger partial charge in [0.2, 0.25) is 0 Å². The van der Waals surface area contributed by atoms with Gasteiger partial charge in [0.1, 0.15) is 110 Å². The molecule has 0 unspecified atom stereocenters. The summed E-state index contributed by atoms with van der Waals surface area (Å²) in [5, 5.41) is 8.14. The Balaban J connectivity index is 1.38. The second-order valence-electron chi connectivity index (χ2n) is 29.2. The van der Waals surface area contributed by atoms with Crippen molar-refractivity contribution < 1.29 is 0 Å². The third-order valence-corrected chi connectivity index (χ3v) is 24.4. The minimum absolute atomic E-state index is 0.732. The van der Waals surface area contributed by atoms with E-state index in [1.165, 1.54) is 219 Å². The van der Waals surface area contributed by atoms with Crippen LogP contribution >= 0.6 is 0 Å². The van der Waals surface area contributed by atoms with E-state index in [0.29, 0.717) is 0 Å². The van der Waals surface area contributed by atoms with Gasteiger partial charge in [0.15, 0.2) is 0 Å². The maximum atomic E-state index is 7.39. The minimum atomic E-state index is 0.732. The summed E-state index contributed by atoms with van der Waals surface area (Å²) in [6.07, 6.45) is 13.2. The van der Waals surface area contributed by atoms with E-state index < -0.39 is 0 Å². The summed E-state index contributed by atoms with van der Waals surface area (Å²) in [6.45, 7) is 4.55. The number of allylic oxidation sites excluding steroid dienone is 11. The van der Waals surface area contributed by atoms with Crippen molar-refractivity contribution in [1.29, 1.82) is 0 Å². The monoisotopic (exact) mass is 1190 g/mol. The van der Waals surface area contributed by atoms with Gasteiger partial charge in [0.25, 0.3) is 0 Å². The van der Waals surface area contributed by atoms with Crippen molar-refractivity contribution in [3.63, 3.8) is 0 Å². The topological polar surface area (TPSA) is 6.48 Å². The van der Waals surface area contributed by atoms with Crippen molar-refractivity contribution in [2.45, 2.75) is 20.3 Å². The van der Waals surface area contributed by atoms with Crippen LogP contribution in [0.15, 0.2) is 100 Å². The maximum absolute atomic E-state index is 7.39. The zero-order valence-electron chi connectivity index (χ0n) is 63.7. The van der Waals surface area contributed by atoms with Crippen LogP contribution in [0.1, 0.15) is 42.5 Å². The Hall–Kier alpha value is -6.63. The fourth-order valence-corrected chi connectivity index (χ4v) is 16.6. The van der Waals surface area contributed by atoms with Gasteiger partial charge in [0, 0.05) is 0 Å². The molecule has 430 valence electrons. The molecule has 9 aromatic rings. The molecule has 0 saturated carbocycles. The quantitative estimate of drug-likeness (QED) is 0.0491. The molecule has 1 aliphatic rings. The van der Waals surface area contributed by atoms with Crippen LogP contribution in [-0.2, 0) is 0 Å². The Morgan fingerprint density at radius 1 is 0.442 bits per heavy atom. The van der Waals surface area contributed by atoms with E-state index in [9.17, 15) is 0 Å². The molecule has 0 fully saturated rings. The van der Waals surface area contributed by atoms with Crippen LogP contribution < -0.4 is 141 Å². The molecule has 0 atom stereocenters. The third-order valence-electron chi connectivity index (χ3n) is 24.4. The van der Waals surface area contributed by atoms with E-state index in [1.54, 1.807) is 0 Å². The first-order valence-corrected chi connectivity index (χ1v) is 34.6. The molecule has 9 aromatic carbocycles. The van der Waals surface area contributed by atoms with Crippen molar-refractivity contribution >= 4 is 435 Å². The van der Waals surface area contributed by atoms with Gasteiger partial charge in [-0.05, 0) is 29.7 Å². The number of hydrogen-bond acceptors (Lipinski definition) is 2. The van der Waals surface area contributed by atoms with E-state index in [4.69, 9.17) is 13.9 Å². The third kappa shape index (κ3) is 11.5. The fraction of sp³-hybridized carbons (Fsp3) is 0.0469. The summed E-state index contributed by atoms with van der Waals surface area (Å²) in [5.41, 5.74) is 51.8. The number of nitrogens with zero attached hydrogens (tertiary/aromatic N) is 2. The zero-order chi connectivity index (χ0) is 70.1. The number of anilines is 3. The van der Waals surface area contributed by atoms with Gasteiger partial charge in [-0.25, -0.2) is 0 Å². The van der Waals surface area contributed by atoms with Crippen LogP contribution in [0, 0.1) is 12.3 Å². The summed E-state index contributed by atoms with van der Waals surface area (Å²) < 4.78 is 0. The Morgan fingerprint density at radius 2 is 0.832 bits per heavy atom. The van der Waals surface area contributed by atoms with Gasteiger partial charge in [-0.3, -0.25) is 0 Å². The Kier molecular flexibility index (Phi) is 20.0. The second kappa shape index (κ2) is 26.7. The van der Waals surface area contributed by atoms with Gasteiger partial charge in [-0.2, -0.15) is 0 Å². The molecule has 0 radical (unpaired) electrons. The zero-order valence-corrected chi connectivity index (χ0v) is 63.7. The SMILES string of the molecule is B=C(B)/C(=C(B)\C(B)=C(\B)C)N(C1=C(c2c(B)c(B)c(B)c(B)c2B)C=C(c2c(B)c(B)c(B)c(B)c2B)C1)c1ccc2ccc3c(N(/C(C#C)=C(/C=C(\C)c4c(B)c(B)c(B)c(B)c4B)c4c(B)c(B)c(B)c(B)c4B)c4c(B)cc(B)c(B)c4B)ccc4ccc1c2c43. The van der Waals surface area contributed by atoms with Gasteiger partial charge in [-0.1, -0.05) is 38.8 Å². The molecule has 0 aliphatic heterocycles. The summed E-state index contributed by atoms with van der Waals surface area (Å²) >= 11 is 0. The first kappa shape index (κ1) is 71.2. The van der Waals surface area contributed by atoms with Crippen LogP contribution in [0.3, 0.4) is 0 Å². The number of hydrogen-bond donors (Lipinski definition) is 0. The summed E-state index contributed by atoms with van der Waals surface area (Å²) in [7, 11) is 69.3. The Bertz CT molecular complexity index is 5080. The van der Waals surface area contributed by atoms with Crippen LogP contribution in [0.4, 0.5) is 17.1 Å². The van der Waals surface area contributed by atoms with Crippen LogP contribution in [0.2, 0.25) is 0 Å². The molecule has 10 rings (SSSR count). The van der Waals surface area contributed by atoms with Gasteiger partial charge >= 0.3 is 383 Å². The van der Waals surface area contributed by atoms with Gasteiger partial charge < -0.3 is 0 Å². The van der Waals surface area contributed by atoms with E-state index >= 15 is 0 Å². The van der Waals surface area contributed by atoms with Crippen molar-refractivity contribution in [3.8, 4) is 12.3 Å². The number of benzene rings is 9. The van der Waals surface area contributed by atoms with Crippen LogP contribution in [0.25, 0.3) is 54.6 Å². The fourth-order valence-electron chi connectivity index (χ4n) is 16.6. The van der Waals surface area contributed by atoms with Crippen molar-refractivity contribution in [2.75, 3.05) is 9.80 Å². The molecule has 0 saturated heterocycles. The van der Waals surface area contributed by atoms with Crippen LogP contribution in [0.5, 0.6) is 0 Å². The van der Waals surface area contributed by atoms with E-state index in [1.807, 2.05) is 0 Å². The molecule has 1 aliphatic carbocycles. The first-order valence-electron chi connectivity index (χ1n) is 34.6. The Morgan fingerprint density at radius 3 is 1.25 bits per heavy atom. The average Bonchev–Trinajstić information content (AvgIpc) is 1.63. The first-order chi connectivity index (χ1) is 44.5. The molecule has 31 heteroatoms. The van der Waals surface area contributed by atoms with Crippen molar-refractivity contribution in [2.24, 2.45) is 0 Å². The molecule has 0 heterocycles. The normalized spacial score (nSPS) is 13.4. The molecule has 0 amide bonds. The molecule has 0 spiro atoms. The standard InChI is InChI=1S/C64H77B29N2/c1-4-28(24(36-44(74)52(82)58(88)53(83)45(36)75)13-17(2)32-40(70)48(78)56(86)49(79)41(32)71)94(62-27(67)16-26(66)39(69)61(62)91)29-11-7-19-6-10-23-30(12-8-20-5-9-22(29)33(19)34(20)23)95(63(64(92)93)60(90)38(68)18(3)65)31-15-21(35-42(72)50(80)57(87)51(81)43(35)73)14-25(31)37-46(76)54(84)59(89)55(85)47(37)77/h1,5-14,16,92H,15,65-91,93H2,2-3H3/b17-13+,28-24-,38-18-,63-60-. The van der Waals surface area contributed by atoms with Crippen molar-refractivity contribution in [3.05, 3.63) is 123 Å². The molecule has 0 bridgehead atoms. The molecular formula is C64H77B29N2. The summed E-state index contributed by atoms with van der Waals surface area (Å²) in [6, 6.07) is 21.4. The molecular weight excluding hydrogens is 1110 g/mol. The van der Waals surface area contributed by atoms with Crippen LogP contribution in [-0.4, -0.2) is 233 Å². The van der Waals surface area contributed by atoms with E-state index in [0.717, 1.165) is 51.2 Å². The predicted octanol–water partition coefficient (Wildman–Crippen LogP) is -30.2. The summed E-state index contributed by atoms with van der Waals surface area (Å²) in [4.78, 5) is 5.16. The molecule has 0 N–H and O–H groups in total. The Labute approximate surface area is 595 Å². The molecule has 2 nitrogen and oxygen atoms in total. The average molecular weight is 1190 g/mol. The van der Waals surface area contributed by atoms with Gasteiger partial charge in [-0.15, -0.1) is 39.2 Å². The summed E-state index contributed by atoms with van der Waals surface area (Å²) in [5.74, 6) is 3.54. The van der Waals surface area contributed by atoms with E-state index in [-0.39, 0.29) is 0 Å². The molecule has 0 aromatic heterocycles. The van der Waals surface area contributed by atoms with Gasteiger partial charge in [0.05, 0.1) is 0 Å². The molecule has 95 heavy (non-hydrogen) atoms. The predicted molar refractivity (Wildman–Crippen MR) is 518 cm³/mol. The number of rotatable bonds is 13.